The summed E-state index contributed by atoms with van der Waals surface area (Å²) in [5, 5.41) is 2.88. The first kappa shape index (κ1) is 5.27. The molecule has 1 aliphatic heterocycles. The van der Waals surface area contributed by atoms with Gasteiger partial charge in [0.2, 0.25) is 5.91 Å². The van der Waals surface area contributed by atoms with E-state index in [1.165, 1.54) is 12.8 Å². The number of hydrogen-bond acceptors (Lipinski definition) is 1. The Morgan fingerprint density at radius 2 is 2.33 bits per heavy atom. The Hall–Kier alpha value is -0.530. The Morgan fingerprint density at radius 1 is 1.44 bits per heavy atom. The highest BCUT2D eigenvalue weighted by atomic mass is 16.2. The summed E-state index contributed by atoms with van der Waals surface area (Å²) in [5.41, 5.74) is 0. The molecule has 1 heterocycles. The first-order chi connectivity index (χ1) is 4.38. The maximum absolute atomic E-state index is 10.9. The predicted molar refractivity (Wildman–Crippen MR) is 33.8 cm³/mol. The molecule has 2 fully saturated rings. The van der Waals surface area contributed by atoms with Gasteiger partial charge in [0.1, 0.15) is 0 Å². The molecule has 0 bridgehead atoms. The van der Waals surface area contributed by atoms with Gasteiger partial charge in [-0.3, -0.25) is 4.79 Å². The van der Waals surface area contributed by atoms with Crippen molar-refractivity contribution in [3.63, 3.8) is 0 Å². The largest absolute Gasteiger partial charge is 0.356 e. The van der Waals surface area contributed by atoms with Gasteiger partial charge in [-0.05, 0) is 18.8 Å². The zero-order valence-corrected chi connectivity index (χ0v) is 5.39. The Kier molecular flexibility index (Phi) is 1.01. The van der Waals surface area contributed by atoms with Gasteiger partial charge in [0.15, 0.2) is 0 Å². The Labute approximate surface area is 54.6 Å². The van der Waals surface area contributed by atoms with Gasteiger partial charge >= 0.3 is 0 Å². The molecule has 0 radical (unpaired) electrons. The molecule has 1 N–H and O–H groups in total. The van der Waals surface area contributed by atoms with E-state index in [-0.39, 0.29) is 0 Å². The van der Waals surface area contributed by atoms with E-state index < -0.39 is 0 Å². The fourth-order valence-electron chi connectivity index (χ4n) is 1.99. The number of carbonyl (C=O) groups is 1. The fourth-order valence-corrected chi connectivity index (χ4v) is 1.99. The average Bonchev–Trinajstić information content (AvgIpc) is 2.35. The highest BCUT2D eigenvalue weighted by Gasteiger charge is 2.37. The lowest BCUT2D eigenvalue weighted by Crippen LogP contribution is -2.18. The lowest BCUT2D eigenvalue weighted by Gasteiger charge is -2.00. The zero-order valence-electron chi connectivity index (χ0n) is 5.39. The van der Waals surface area contributed by atoms with Gasteiger partial charge in [0, 0.05) is 12.5 Å². The lowest BCUT2D eigenvalue weighted by atomic mass is 10.0. The number of amides is 1. The summed E-state index contributed by atoms with van der Waals surface area (Å²) < 4.78 is 0. The van der Waals surface area contributed by atoms with Crippen LogP contribution >= 0.6 is 0 Å². The summed E-state index contributed by atoms with van der Waals surface area (Å²) in [7, 11) is 0. The van der Waals surface area contributed by atoms with E-state index in [0.29, 0.717) is 17.7 Å². The Bertz CT molecular complexity index is 144. The lowest BCUT2D eigenvalue weighted by molar-refractivity contribution is -0.122. The molecule has 1 saturated carbocycles. The third kappa shape index (κ3) is 0.655. The molecule has 2 aliphatic rings. The molecule has 0 aromatic heterocycles. The van der Waals surface area contributed by atoms with Crippen molar-refractivity contribution >= 4 is 5.91 Å². The van der Waals surface area contributed by atoms with Crippen LogP contribution in [0.2, 0.25) is 0 Å². The maximum atomic E-state index is 10.9. The van der Waals surface area contributed by atoms with Crippen molar-refractivity contribution in [1.82, 2.24) is 5.32 Å². The van der Waals surface area contributed by atoms with Crippen LogP contribution in [0, 0.1) is 11.8 Å². The summed E-state index contributed by atoms with van der Waals surface area (Å²) >= 11 is 0. The van der Waals surface area contributed by atoms with Gasteiger partial charge in [-0.25, -0.2) is 0 Å². The molecule has 9 heavy (non-hydrogen) atoms. The topological polar surface area (TPSA) is 29.1 Å². The van der Waals surface area contributed by atoms with Crippen LogP contribution in [0.5, 0.6) is 0 Å². The number of hydrogen-bond donors (Lipinski definition) is 1. The summed E-state index contributed by atoms with van der Waals surface area (Å²) in [6, 6.07) is 0. The quantitative estimate of drug-likeness (QED) is 0.502. The minimum Gasteiger partial charge on any atom is -0.356 e. The number of fused-ring (bicyclic) bond motifs is 1. The summed E-state index contributed by atoms with van der Waals surface area (Å²) in [5.74, 6) is 1.39. The van der Waals surface area contributed by atoms with Crippen LogP contribution in [0.1, 0.15) is 19.3 Å². The fraction of sp³-hybridized carbons (Fsp3) is 0.857. The van der Waals surface area contributed by atoms with E-state index in [9.17, 15) is 4.79 Å². The zero-order chi connectivity index (χ0) is 6.27. The van der Waals surface area contributed by atoms with E-state index in [1.54, 1.807) is 0 Å². The second-order valence-electron chi connectivity index (χ2n) is 3.04. The van der Waals surface area contributed by atoms with Crippen LogP contribution in [-0.4, -0.2) is 12.5 Å². The normalized spacial score (nSPS) is 40.7. The standard InChI is InChI=1S/C7H11NO/c9-7-6-3-1-2-5(6)4-8-7/h5-6H,1-4H2,(H,8,9). The second-order valence-corrected chi connectivity index (χ2v) is 3.04. The van der Waals surface area contributed by atoms with Crippen LogP contribution in [0.25, 0.3) is 0 Å². The van der Waals surface area contributed by atoms with Crippen LogP contribution in [0.15, 0.2) is 0 Å². The summed E-state index contributed by atoms with van der Waals surface area (Å²) in [4.78, 5) is 10.9. The molecule has 0 aromatic carbocycles. The average molecular weight is 125 g/mol. The molecule has 0 spiro atoms. The van der Waals surface area contributed by atoms with Crippen LogP contribution < -0.4 is 5.32 Å². The van der Waals surface area contributed by atoms with Gasteiger partial charge in [-0.2, -0.15) is 0 Å². The van der Waals surface area contributed by atoms with Crippen molar-refractivity contribution in [3.05, 3.63) is 0 Å². The molecule has 1 aliphatic carbocycles. The summed E-state index contributed by atoms with van der Waals surface area (Å²) in [6.07, 6.45) is 3.67. The van der Waals surface area contributed by atoms with E-state index in [0.717, 1.165) is 13.0 Å². The van der Waals surface area contributed by atoms with E-state index in [2.05, 4.69) is 5.32 Å². The van der Waals surface area contributed by atoms with Crippen molar-refractivity contribution in [3.8, 4) is 0 Å². The molecular weight excluding hydrogens is 114 g/mol. The first-order valence-corrected chi connectivity index (χ1v) is 3.65. The maximum Gasteiger partial charge on any atom is 0.223 e. The molecule has 2 rings (SSSR count). The Balaban J connectivity index is 2.15. The van der Waals surface area contributed by atoms with Gasteiger partial charge in [-0.1, -0.05) is 6.42 Å². The minimum absolute atomic E-state index is 0.303. The number of carbonyl (C=O) groups excluding carboxylic acids is 1. The molecule has 2 unspecified atom stereocenters. The van der Waals surface area contributed by atoms with Gasteiger partial charge in [0.05, 0.1) is 0 Å². The van der Waals surface area contributed by atoms with Crippen LogP contribution in [-0.2, 0) is 4.79 Å². The van der Waals surface area contributed by atoms with E-state index >= 15 is 0 Å². The highest BCUT2D eigenvalue weighted by molar-refractivity contribution is 5.81. The van der Waals surface area contributed by atoms with Gasteiger partial charge in [-0.15, -0.1) is 0 Å². The molecule has 2 nitrogen and oxygen atoms in total. The number of rotatable bonds is 0. The van der Waals surface area contributed by atoms with Gasteiger partial charge < -0.3 is 5.32 Å². The molecule has 0 aromatic rings. The first-order valence-electron chi connectivity index (χ1n) is 3.65. The highest BCUT2D eigenvalue weighted by Crippen LogP contribution is 2.34. The number of nitrogens with one attached hydrogen (secondary N) is 1. The predicted octanol–water partition coefficient (Wildman–Crippen LogP) is 0.532. The van der Waals surface area contributed by atoms with Crippen molar-refractivity contribution in [2.45, 2.75) is 19.3 Å². The van der Waals surface area contributed by atoms with E-state index in [1.807, 2.05) is 0 Å². The van der Waals surface area contributed by atoms with E-state index in [4.69, 9.17) is 0 Å². The third-order valence-electron chi connectivity index (χ3n) is 2.53. The molecule has 2 heteroatoms. The Morgan fingerprint density at radius 3 is 3.11 bits per heavy atom. The second kappa shape index (κ2) is 1.72. The minimum atomic E-state index is 0.303. The molecule has 50 valence electrons. The monoisotopic (exact) mass is 125 g/mol. The van der Waals surface area contributed by atoms with Crippen LogP contribution in [0.3, 0.4) is 0 Å². The molecular formula is C7H11NO. The summed E-state index contributed by atoms with van der Waals surface area (Å²) in [6.45, 7) is 0.948. The van der Waals surface area contributed by atoms with Crippen molar-refractivity contribution < 1.29 is 4.79 Å². The smallest absolute Gasteiger partial charge is 0.223 e. The molecule has 2 atom stereocenters. The van der Waals surface area contributed by atoms with Gasteiger partial charge in [0.25, 0.3) is 0 Å². The molecule has 1 amide bonds. The third-order valence-corrected chi connectivity index (χ3v) is 2.53. The molecule has 1 saturated heterocycles. The van der Waals surface area contributed by atoms with Crippen molar-refractivity contribution in [2.24, 2.45) is 11.8 Å². The van der Waals surface area contributed by atoms with Crippen molar-refractivity contribution in [1.29, 1.82) is 0 Å². The van der Waals surface area contributed by atoms with Crippen LogP contribution in [0.4, 0.5) is 0 Å². The SMILES string of the molecule is O=C1NCC2CCCC12. The van der Waals surface area contributed by atoms with Crippen molar-refractivity contribution in [2.75, 3.05) is 6.54 Å².